The lowest BCUT2D eigenvalue weighted by atomic mass is 9.47. The Morgan fingerprint density at radius 1 is 1.15 bits per heavy atom. The minimum atomic E-state index is -0.478. The van der Waals surface area contributed by atoms with E-state index in [9.17, 15) is 14.7 Å². The van der Waals surface area contributed by atoms with Crippen LogP contribution in [0.3, 0.4) is 0 Å². The van der Waals surface area contributed by atoms with Gasteiger partial charge < -0.3 is 9.84 Å². The van der Waals surface area contributed by atoms with E-state index in [0.29, 0.717) is 17.8 Å². The molecule has 0 saturated heterocycles. The molecule has 4 heteroatoms. The van der Waals surface area contributed by atoms with Gasteiger partial charge in [0.25, 0.3) is 0 Å². The van der Waals surface area contributed by atoms with E-state index in [1.807, 2.05) is 0 Å². The number of carbonyl (C=O) groups is 2. The maximum Gasteiger partial charge on any atom is 0.302 e. The zero-order valence-corrected chi connectivity index (χ0v) is 17.2. The number of rotatable bonds is 2. The molecule has 3 fully saturated rings. The van der Waals surface area contributed by atoms with E-state index in [4.69, 9.17) is 4.74 Å². The Hall–Kier alpha value is -1.16. The third-order valence-electron chi connectivity index (χ3n) is 8.86. The summed E-state index contributed by atoms with van der Waals surface area (Å²) < 4.78 is 5.51. The molecule has 27 heavy (non-hydrogen) atoms. The average Bonchev–Trinajstić information content (AvgIpc) is 2.85. The quantitative estimate of drug-likeness (QED) is 0.585. The molecule has 4 aliphatic carbocycles. The molecular formula is C23H34O4. The first-order chi connectivity index (χ1) is 12.7. The third-order valence-corrected chi connectivity index (χ3v) is 8.86. The second-order valence-electron chi connectivity index (χ2n) is 10.2. The molecule has 3 saturated carbocycles. The first-order valence-corrected chi connectivity index (χ1v) is 10.7. The molecule has 0 amide bonds. The number of fused-ring (bicyclic) bond motifs is 5. The van der Waals surface area contributed by atoms with Gasteiger partial charge in [0.2, 0.25) is 0 Å². The van der Waals surface area contributed by atoms with Crippen molar-refractivity contribution >= 4 is 11.8 Å². The van der Waals surface area contributed by atoms with Crippen LogP contribution >= 0.6 is 0 Å². The van der Waals surface area contributed by atoms with Crippen molar-refractivity contribution < 1.29 is 19.4 Å². The molecule has 0 heterocycles. The van der Waals surface area contributed by atoms with Gasteiger partial charge in [0.05, 0.1) is 6.10 Å². The van der Waals surface area contributed by atoms with Gasteiger partial charge >= 0.3 is 5.97 Å². The number of aliphatic hydroxyl groups is 1. The smallest absolute Gasteiger partial charge is 0.302 e. The number of allylic oxidation sites excluding steroid dienone is 1. The van der Waals surface area contributed by atoms with Crippen LogP contribution in [0.5, 0.6) is 0 Å². The van der Waals surface area contributed by atoms with Crippen LogP contribution < -0.4 is 0 Å². The van der Waals surface area contributed by atoms with E-state index in [-0.39, 0.29) is 34.6 Å². The minimum Gasteiger partial charge on any atom is -0.462 e. The molecule has 0 aromatic heterocycles. The highest BCUT2D eigenvalue weighted by Gasteiger charge is 2.61. The van der Waals surface area contributed by atoms with Crippen LogP contribution in [0.2, 0.25) is 0 Å². The summed E-state index contributed by atoms with van der Waals surface area (Å²) >= 11 is 0. The Balaban J connectivity index is 1.61. The summed E-state index contributed by atoms with van der Waals surface area (Å²) in [4.78, 5) is 23.6. The Labute approximate surface area is 162 Å². The van der Waals surface area contributed by atoms with Gasteiger partial charge in [-0.3, -0.25) is 9.59 Å². The van der Waals surface area contributed by atoms with E-state index in [1.165, 1.54) is 12.5 Å². The second-order valence-corrected chi connectivity index (χ2v) is 10.2. The maximum atomic E-state index is 12.3. The molecule has 0 spiro atoms. The van der Waals surface area contributed by atoms with E-state index >= 15 is 0 Å². The van der Waals surface area contributed by atoms with Gasteiger partial charge in [0.15, 0.2) is 0 Å². The fraction of sp³-hybridized carbons (Fsp3) is 0.826. The fourth-order valence-electron chi connectivity index (χ4n) is 7.71. The van der Waals surface area contributed by atoms with Crippen molar-refractivity contribution in [2.24, 2.45) is 34.5 Å². The highest BCUT2D eigenvalue weighted by molar-refractivity contribution is 5.80. The summed E-state index contributed by atoms with van der Waals surface area (Å²) in [6.07, 6.45) is 8.85. The van der Waals surface area contributed by atoms with Crippen molar-refractivity contribution in [1.82, 2.24) is 0 Å². The van der Waals surface area contributed by atoms with Gasteiger partial charge in [-0.2, -0.15) is 0 Å². The molecule has 1 unspecified atom stereocenters. The van der Waals surface area contributed by atoms with Gasteiger partial charge in [-0.05, 0) is 74.0 Å². The molecule has 4 aliphatic rings. The first kappa shape index (κ1) is 19.2. The Kier molecular flexibility index (Phi) is 4.57. The van der Waals surface area contributed by atoms with Crippen LogP contribution in [0.1, 0.15) is 72.6 Å². The molecule has 0 bridgehead atoms. The molecule has 8 atom stereocenters. The van der Waals surface area contributed by atoms with Crippen LogP contribution in [0.25, 0.3) is 0 Å². The van der Waals surface area contributed by atoms with Crippen LogP contribution in [-0.4, -0.2) is 29.1 Å². The van der Waals surface area contributed by atoms with E-state index in [0.717, 1.165) is 44.9 Å². The number of carbonyl (C=O) groups excluding carboxylic acids is 2. The average molecular weight is 375 g/mol. The molecular weight excluding hydrogens is 340 g/mol. The molecule has 150 valence electrons. The molecule has 4 rings (SSSR count). The number of Topliss-reactive ketones (excluding diaryl/α,β-unsaturated/α-hetero) is 1. The second kappa shape index (κ2) is 6.43. The number of hydrogen-bond acceptors (Lipinski definition) is 4. The summed E-state index contributed by atoms with van der Waals surface area (Å²) in [7, 11) is 0. The lowest BCUT2D eigenvalue weighted by Gasteiger charge is -2.57. The summed E-state index contributed by atoms with van der Waals surface area (Å²) in [6, 6.07) is 0. The highest BCUT2D eigenvalue weighted by Crippen LogP contribution is 2.66. The van der Waals surface area contributed by atoms with E-state index in [2.05, 4.69) is 19.9 Å². The summed E-state index contributed by atoms with van der Waals surface area (Å²) in [5.41, 5.74) is 1.61. The van der Waals surface area contributed by atoms with Crippen molar-refractivity contribution in [2.75, 3.05) is 0 Å². The third kappa shape index (κ3) is 2.82. The van der Waals surface area contributed by atoms with Gasteiger partial charge in [0.1, 0.15) is 11.9 Å². The van der Waals surface area contributed by atoms with Crippen molar-refractivity contribution in [3.8, 4) is 0 Å². The molecule has 0 aromatic rings. The van der Waals surface area contributed by atoms with Crippen LogP contribution in [-0.2, 0) is 14.3 Å². The highest BCUT2D eigenvalue weighted by atomic mass is 16.5. The van der Waals surface area contributed by atoms with Gasteiger partial charge in [-0.15, -0.1) is 0 Å². The Morgan fingerprint density at radius 2 is 1.89 bits per heavy atom. The molecule has 0 aliphatic heterocycles. The summed E-state index contributed by atoms with van der Waals surface area (Å²) in [5, 5.41) is 10.7. The van der Waals surface area contributed by atoms with Crippen LogP contribution in [0.4, 0.5) is 0 Å². The fourth-order valence-corrected chi connectivity index (χ4v) is 7.71. The van der Waals surface area contributed by atoms with Crippen molar-refractivity contribution in [3.05, 3.63) is 11.6 Å². The zero-order chi connectivity index (χ0) is 19.6. The number of aliphatic hydroxyl groups excluding tert-OH is 1. The van der Waals surface area contributed by atoms with Gasteiger partial charge in [-0.25, -0.2) is 0 Å². The monoisotopic (exact) mass is 374 g/mol. The lowest BCUT2D eigenvalue weighted by molar-refractivity contribution is -0.149. The Bertz CT molecular complexity index is 682. The number of ether oxygens (including phenoxy) is 1. The predicted molar refractivity (Wildman–Crippen MR) is 103 cm³/mol. The number of ketones is 1. The standard InChI is InChI=1S/C23H34O4/c1-13(24)21-20(26)12-19-17-6-5-15-11-16(27-14(2)25)7-9-22(15,3)18(17)8-10-23(19,21)4/h5,16-21,26H,6-12H2,1-4H3/t16?,17-,18+,19+,20-,21+,22+,23+/m1/s1. The number of hydrogen-bond donors (Lipinski definition) is 1. The van der Waals surface area contributed by atoms with E-state index in [1.54, 1.807) is 6.92 Å². The summed E-state index contributed by atoms with van der Waals surface area (Å²) in [5.74, 6) is 1.39. The summed E-state index contributed by atoms with van der Waals surface area (Å²) in [6.45, 7) is 7.83. The van der Waals surface area contributed by atoms with E-state index < -0.39 is 6.10 Å². The van der Waals surface area contributed by atoms with Crippen molar-refractivity contribution in [2.45, 2.75) is 84.8 Å². The topological polar surface area (TPSA) is 63.6 Å². The first-order valence-electron chi connectivity index (χ1n) is 10.7. The predicted octanol–water partition coefficient (Wildman–Crippen LogP) is 4.06. The van der Waals surface area contributed by atoms with Gasteiger partial charge in [-0.1, -0.05) is 25.5 Å². The SMILES string of the molecule is CC(=O)OC1CC[C@@]2(C)C(=CC[C@H]3[C@@H]4C[C@@H](O)[C@H](C(C)=O)[C@@]4(C)CC[C@@H]32)C1. The Morgan fingerprint density at radius 3 is 2.56 bits per heavy atom. The van der Waals surface area contributed by atoms with Crippen molar-refractivity contribution in [3.63, 3.8) is 0 Å². The molecule has 0 radical (unpaired) electrons. The molecule has 0 aromatic carbocycles. The van der Waals surface area contributed by atoms with Crippen LogP contribution in [0, 0.1) is 34.5 Å². The lowest BCUT2D eigenvalue weighted by Crippen LogP contribution is -2.51. The largest absolute Gasteiger partial charge is 0.462 e. The van der Waals surface area contributed by atoms with Crippen molar-refractivity contribution in [1.29, 1.82) is 0 Å². The van der Waals surface area contributed by atoms with Gasteiger partial charge in [0, 0.05) is 19.3 Å². The minimum absolute atomic E-state index is 0.0302. The number of esters is 1. The molecule has 1 N–H and O–H groups in total. The maximum absolute atomic E-state index is 12.3. The molecule has 4 nitrogen and oxygen atoms in total. The normalized spacial score (nSPS) is 48.7. The van der Waals surface area contributed by atoms with Crippen LogP contribution in [0.15, 0.2) is 11.6 Å². The zero-order valence-electron chi connectivity index (χ0n) is 17.2.